The molecule has 0 radical (unpaired) electrons. The summed E-state index contributed by atoms with van der Waals surface area (Å²) in [6.45, 7) is 6.19. The Morgan fingerprint density at radius 3 is 2.11 bits per heavy atom. The molecule has 0 aromatic heterocycles. The highest BCUT2D eigenvalue weighted by atomic mass is 16.7. The zero-order chi connectivity index (χ0) is 14.3. The van der Waals surface area contributed by atoms with Gasteiger partial charge in [0.25, 0.3) is 5.91 Å². The Kier molecular flexibility index (Phi) is 3.04. The molecule has 0 spiro atoms. The van der Waals surface area contributed by atoms with Crippen LogP contribution in [0, 0.1) is 39.4 Å². The number of nitrogens with zero attached hydrogens (tertiary/aromatic N) is 3. The summed E-state index contributed by atoms with van der Waals surface area (Å²) in [4.78, 5) is 4.22. The first-order chi connectivity index (χ1) is 9.06. The number of ether oxygens (including phenoxy) is 2. The fourth-order valence-electron chi connectivity index (χ4n) is 3.53. The van der Waals surface area contributed by atoms with Crippen molar-refractivity contribution in [2.45, 2.75) is 33.1 Å². The van der Waals surface area contributed by atoms with Crippen LogP contribution in [0.25, 0.3) is 0 Å². The van der Waals surface area contributed by atoms with E-state index in [0.29, 0.717) is 19.6 Å². The highest BCUT2D eigenvalue weighted by Crippen LogP contribution is 2.78. The minimum atomic E-state index is -1.44. The van der Waals surface area contributed by atoms with Gasteiger partial charge in [0.2, 0.25) is 0 Å². The summed E-state index contributed by atoms with van der Waals surface area (Å²) in [5.41, 5.74) is 3.75. The molecule has 2 aliphatic rings. The highest BCUT2D eigenvalue weighted by Gasteiger charge is 2.92. The quantitative estimate of drug-likeness (QED) is 0.748. The molecule has 2 N–H and O–H groups in total. The molecule has 2 rings (SSSR count). The van der Waals surface area contributed by atoms with Crippen LogP contribution in [0.15, 0.2) is 4.99 Å². The lowest BCUT2D eigenvalue weighted by Crippen LogP contribution is -2.43. The first-order valence-electron chi connectivity index (χ1n) is 6.53. The molecule has 0 bridgehead atoms. The summed E-state index contributed by atoms with van der Waals surface area (Å²) in [6.07, 6.45) is 0.652. The summed E-state index contributed by atoms with van der Waals surface area (Å²) in [5, 5.41) is 19.2. The first kappa shape index (κ1) is 13.8. The second kappa shape index (κ2) is 4.19. The number of hydrogen-bond donors (Lipinski definition) is 1. The third-order valence-electron chi connectivity index (χ3n) is 4.19. The van der Waals surface area contributed by atoms with E-state index in [4.69, 9.17) is 15.2 Å². The van der Waals surface area contributed by atoms with E-state index < -0.39 is 16.7 Å². The molecule has 3 atom stereocenters. The van der Waals surface area contributed by atoms with E-state index in [1.807, 2.05) is 6.92 Å². The van der Waals surface area contributed by atoms with Crippen LogP contribution in [0.5, 0.6) is 0 Å². The van der Waals surface area contributed by atoms with Crippen LogP contribution in [-0.4, -0.2) is 25.0 Å². The van der Waals surface area contributed by atoms with Crippen LogP contribution in [0.3, 0.4) is 0 Å². The smallest absolute Gasteiger partial charge is 0.293 e. The van der Waals surface area contributed by atoms with E-state index in [1.165, 1.54) is 0 Å². The van der Waals surface area contributed by atoms with Crippen LogP contribution in [-0.2, 0) is 9.47 Å². The molecular weight excluding hydrogens is 244 g/mol. The lowest BCUT2D eigenvalue weighted by Gasteiger charge is -2.31. The summed E-state index contributed by atoms with van der Waals surface area (Å²) in [5.74, 6) is -1.48. The standard InChI is InChI=1S/C13H18N4O2/c1-4-9-11(7-14)10(16)17-13(18-5-2,19-6-3)12(9,11)8-15/h9H,4-6H2,1-3H3,(H2,16,17)/t9-,11+,12+/m0/s1. The SMILES string of the molecule is CCOC1(OCC)N=C(N)[C@@]2(C#N)[C@H](CC)[C@@]12C#N. The molecule has 102 valence electrons. The molecule has 0 saturated heterocycles. The predicted molar refractivity (Wildman–Crippen MR) is 67.5 cm³/mol. The van der Waals surface area contributed by atoms with Crippen molar-refractivity contribution in [3.05, 3.63) is 0 Å². The molecular formula is C13H18N4O2. The van der Waals surface area contributed by atoms with Gasteiger partial charge in [0, 0.05) is 19.1 Å². The molecule has 1 aliphatic heterocycles. The van der Waals surface area contributed by atoms with Gasteiger partial charge in [-0.3, -0.25) is 0 Å². The van der Waals surface area contributed by atoms with Gasteiger partial charge in [0.15, 0.2) is 5.41 Å². The number of aliphatic imine (C=N–C) groups is 1. The first-order valence-corrected chi connectivity index (χ1v) is 6.53. The van der Waals surface area contributed by atoms with Gasteiger partial charge >= 0.3 is 0 Å². The maximum Gasteiger partial charge on any atom is 0.293 e. The van der Waals surface area contributed by atoms with Crippen molar-refractivity contribution in [2.24, 2.45) is 27.5 Å². The largest absolute Gasteiger partial charge is 0.386 e. The maximum absolute atomic E-state index is 9.68. The van der Waals surface area contributed by atoms with Gasteiger partial charge in [-0.15, -0.1) is 0 Å². The molecule has 0 aromatic rings. The molecule has 19 heavy (non-hydrogen) atoms. The molecule has 6 heteroatoms. The van der Waals surface area contributed by atoms with Crippen LogP contribution in [0.2, 0.25) is 0 Å². The van der Waals surface area contributed by atoms with Crippen LogP contribution in [0.1, 0.15) is 27.2 Å². The number of hydrogen-bond acceptors (Lipinski definition) is 6. The summed E-state index contributed by atoms with van der Waals surface area (Å²) < 4.78 is 11.3. The summed E-state index contributed by atoms with van der Waals surface area (Å²) in [6, 6.07) is 4.42. The Balaban J connectivity index is 2.60. The third kappa shape index (κ3) is 1.19. The Morgan fingerprint density at radius 1 is 1.21 bits per heavy atom. The Morgan fingerprint density at radius 2 is 1.79 bits per heavy atom. The number of rotatable bonds is 5. The topological polar surface area (TPSA) is 104 Å². The van der Waals surface area contributed by atoms with Gasteiger partial charge in [0.05, 0.1) is 12.1 Å². The second-order valence-corrected chi connectivity index (χ2v) is 4.75. The van der Waals surface area contributed by atoms with E-state index in [1.54, 1.807) is 13.8 Å². The fraction of sp³-hybridized carbons (Fsp3) is 0.769. The van der Waals surface area contributed by atoms with Gasteiger partial charge in [-0.1, -0.05) is 6.92 Å². The zero-order valence-corrected chi connectivity index (χ0v) is 11.4. The minimum Gasteiger partial charge on any atom is -0.386 e. The average Bonchev–Trinajstić information content (AvgIpc) is 2.96. The number of amidine groups is 1. The number of nitriles is 2. The monoisotopic (exact) mass is 262 g/mol. The van der Waals surface area contributed by atoms with Crippen molar-refractivity contribution in [2.75, 3.05) is 13.2 Å². The molecule has 1 saturated carbocycles. The van der Waals surface area contributed by atoms with Crippen molar-refractivity contribution in [3.8, 4) is 12.1 Å². The fourth-order valence-corrected chi connectivity index (χ4v) is 3.53. The van der Waals surface area contributed by atoms with Crippen LogP contribution >= 0.6 is 0 Å². The molecule has 1 fully saturated rings. The Hall–Kier alpha value is -1.63. The van der Waals surface area contributed by atoms with Crippen molar-refractivity contribution < 1.29 is 9.47 Å². The summed E-state index contributed by atoms with van der Waals surface area (Å²) >= 11 is 0. The van der Waals surface area contributed by atoms with Gasteiger partial charge in [0.1, 0.15) is 11.3 Å². The van der Waals surface area contributed by atoms with Crippen LogP contribution < -0.4 is 5.73 Å². The van der Waals surface area contributed by atoms with Crippen molar-refractivity contribution >= 4 is 5.84 Å². The van der Waals surface area contributed by atoms with Gasteiger partial charge in [-0.05, 0) is 20.3 Å². The van der Waals surface area contributed by atoms with E-state index in [9.17, 15) is 10.5 Å². The lowest BCUT2D eigenvalue weighted by atomic mass is 9.93. The Bertz CT molecular complexity index is 498. The van der Waals surface area contributed by atoms with E-state index in [0.717, 1.165) is 0 Å². The Labute approximate surface area is 112 Å². The number of nitrogens with two attached hydrogens (primary N) is 1. The van der Waals surface area contributed by atoms with Crippen molar-refractivity contribution in [1.29, 1.82) is 10.5 Å². The van der Waals surface area contributed by atoms with Crippen molar-refractivity contribution in [1.82, 2.24) is 0 Å². The van der Waals surface area contributed by atoms with E-state index in [-0.39, 0.29) is 11.8 Å². The minimum absolute atomic E-state index is 0.158. The van der Waals surface area contributed by atoms with Gasteiger partial charge < -0.3 is 15.2 Å². The maximum atomic E-state index is 9.68. The molecule has 0 unspecified atom stereocenters. The molecule has 6 nitrogen and oxygen atoms in total. The lowest BCUT2D eigenvalue weighted by molar-refractivity contribution is -0.257. The molecule has 0 amide bonds. The molecule has 1 aliphatic carbocycles. The van der Waals surface area contributed by atoms with Gasteiger partial charge in [-0.25, -0.2) is 4.99 Å². The van der Waals surface area contributed by atoms with Gasteiger partial charge in [-0.2, -0.15) is 10.5 Å². The second-order valence-electron chi connectivity index (χ2n) is 4.75. The predicted octanol–water partition coefficient (Wildman–Crippen LogP) is 1.14. The normalized spacial score (nSPS) is 37.9. The summed E-state index contributed by atoms with van der Waals surface area (Å²) in [7, 11) is 0. The van der Waals surface area contributed by atoms with Crippen molar-refractivity contribution in [3.63, 3.8) is 0 Å². The van der Waals surface area contributed by atoms with Crippen LogP contribution in [0.4, 0.5) is 0 Å². The molecule has 0 aromatic carbocycles. The van der Waals surface area contributed by atoms with E-state index >= 15 is 0 Å². The third-order valence-corrected chi connectivity index (χ3v) is 4.19. The molecule has 1 heterocycles. The number of fused-ring (bicyclic) bond motifs is 1. The van der Waals surface area contributed by atoms with E-state index in [2.05, 4.69) is 17.1 Å². The average molecular weight is 262 g/mol. The zero-order valence-electron chi connectivity index (χ0n) is 11.4. The highest BCUT2D eigenvalue weighted by molar-refractivity contribution is 5.98.